The number of para-hydroxylation sites is 1. The zero-order chi connectivity index (χ0) is 19.1. The molecule has 1 saturated carbocycles. The number of aliphatic hydroxyl groups is 1. The molecule has 1 fully saturated rings. The zero-order valence-corrected chi connectivity index (χ0v) is 15.4. The number of aromatic amines is 1. The SMILES string of the molecule is Cc1[nH]c2c(F)cccc2c1CC(=O)NC(c1cnn(C)c1)C1CC(O)C1. The summed E-state index contributed by atoms with van der Waals surface area (Å²) in [6.45, 7) is 1.85. The van der Waals surface area contributed by atoms with Gasteiger partial charge in [0, 0.05) is 29.9 Å². The van der Waals surface area contributed by atoms with Crippen molar-refractivity contribution in [2.24, 2.45) is 13.0 Å². The molecule has 3 N–H and O–H groups in total. The fourth-order valence-corrected chi connectivity index (χ4v) is 3.96. The van der Waals surface area contributed by atoms with Crippen LogP contribution in [0.4, 0.5) is 4.39 Å². The van der Waals surface area contributed by atoms with Crippen molar-refractivity contribution >= 4 is 16.8 Å². The molecular weight excluding hydrogens is 347 g/mol. The second-order valence-corrected chi connectivity index (χ2v) is 7.45. The van der Waals surface area contributed by atoms with Gasteiger partial charge in [-0.05, 0) is 37.3 Å². The molecule has 0 radical (unpaired) electrons. The Morgan fingerprint density at radius 1 is 1.48 bits per heavy atom. The van der Waals surface area contributed by atoms with Gasteiger partial charge in [0.1, 0.15) is 5.82 Å². The van der Waals surface area contributed by atoms with Crippen LogP contribution in [0.2, 0.25) is 0 Å². The summed E-state index contributed by atoms with van der Waals surface area (Å²) in [5.74, 6) is -0.257. The summed E-state index contributed by atoms with van der Waals surface area (Å²) < 4.78 is 15.7. The van der Waals surface area contributed by atoms with Crippen LogP contribution in [0.3, 0.4) is 0 Å². The highest BCUT2D eigenvalue weighted by Gasteiger charge is 2.36. The third kappa shape index (κ3) is 3.35. The number of aromatic nitrogens is 3. The topological polar surface area (TPSA) is 82.9 Å². The van der Waals surface area contributed by atoms with Crippen molar-refractivity contribution in [2.45, 2.75) is 38.3 Å². The highest BCUT2D eigenvalue weighted by atomic mass is 19.1. The van der Waals surface area contributed by atoms with E-state index in [-0.39, 0.29) is 36.2 Å². The Labute approximate surface area is 156 Å². The normalized spacial score (nSPS) is 20.4. The molecule has 0 aliphatic heterocycles. The number of amides is 1. The number of rotatable bonds is 5. The number of hydrogen-bond acceptors (Lipinski definition) is 3. The van der Waals surface area contributed by atoms with Crippen LogP contribution in [0.15, 0.2) is 30.6 Å². The average Bonchev–Trinajstić information content (AvgIpc) is 3.16. The predicted octanol–water partition coefficient (Wildman–Crippen LogP) is 2.52. The van der Waals surface area contributed by atoms with E-state index in [1.807, 2.05) is 26.2 Å². The summed E-state index contributed by atoms with van der Waals surface area (Å²) >= 11 is 0. The van der Waals surface area contributed by atoms with Gasteiger partial charge in [0.2, 0.25) is 5.91 Å². The van der Waals surface area contributed by atoms with Crippen LogP contribution < -0.4 is 5.32 Å². The lowest BCUT2D eigenvalue weighted by molar-refractivity contribution is -0.122. The molecule has 1 aliphatic carbocycles. The molecular formula is C20H23FN4O2. The van der Waals surface area contributed by atoms with Crippen molar-refractivity contribution < 1.29 is 14.3 Å². The number of aliphatic hydroxyl groups excluding tert-OH is 1. The van der Waals surface area contributed by atoms with Crippen LogP contribution in [0.25, 0.3) is 10.9 Å². The van der Waals surface area contributed by atoms with E-state index < -0.39 is 0 Å². The van der Waals surface area contributed by atoms with Gasteiger partial charge in [-0.3, -0.25) is 9.48 Å². The quantitative estimate of drug-likeness (QED) is 0.645. The lowest BCUT2D eigenvalue weighted by Crippen LogP contribution is -2.41. The molecule has 142 valence electrons. The Kier molecular flexibility index (Phi) is 4.47. The maximum Gasteiger partial charge on any atom is 0.225 e. The molecule has 1 amide bonds. The van der Waals surface area contributed by atoms with Crippen molar-refractivity contribution in [3.63, 3.8) is 0 Å². The molecule has 2 aromatic heterocycles. The minimum atomic E-state index is -0.320. The van der Waals surface area contributed by atoms with Crippen LogP contribution in [-0.2, 0) is 18.3 Å². The van der Waals surface area contributed by atoms with E-state index in [9.17, 15) is 14.3 Å². The molecule has 3 aromatic rings. The summed E-state index contributed by atoms with van der Waals surface area (Å²) in [6.07, 6.45) is 4.84. The van der Waals surface area contributed by atoms with Gasteiger partial charge in [-0.1, -0.05) is 12.1 Å². The van der Waals surface area contributed by atoms with Crippen molar-refractivity contribution in [1.29, 1.82) is 0 Å². The minimum absolute atomic E-state index is 0.126. The van der Waals surface area contributed by atoms with Gasteiger partial charge in [0.05, 0.1) is 30.3 Å². The largest absolute Gasteiger partial charge is 0.393 e. The van der Waals surface area contributed by atoms with E-state index in [1.165, 1.54) is 6.07 Å². The number of hydrogen-bond donors (Lipinski definition) is 3. The lowest BCUT2D eigenvalue weighted by Gasteiger charge is -2.37. The van der Waals surface area contributed by atoms with Crippen molar-refractivity contribution in [3.8, 4) is 0 Å². The maximum atomic E-state index is 14.0. The summed E-state index contributed by atoms with van der Waals surface area (Å²) in [6, 6.07) is 4.70. The second kappa shape index (κ2) is 6.81. The Balaban J connectivity index is 1.55. The standard InChI is InChI=1S/C20H23FN4O2/c1-11-16(15-4-3-5-17(21)20(15)23-11)8-18(27)24-19(12-6-14(26)7-12)13-9-22-25(2)10-13/h3-5,9-10,12,14,19,23,26H,6-8H2,1-2H3,(H,24,27). The van der Waals surface area contributed by atoms with Gasteiger partial charge >= 0.3 is 0 Å². The molecule has 27 heavy (non-hydrogen) atoms. The molecule has 1 aliphatic rings. The van der Waals surface area contributed by atoms with Gasteiger partial charge in [-0.25, -0.2) is 4.39 Å². The number of nitrogens with zero attached hydrogens (tertiary/aromatic N) is 2. The first-order chi connectivity index (χ1) is 12.9. The average molecular weight is 370 g/mol. The number of nitrogens with one attached hydrogen (secondary N) is 2. The number of fused-ring (bicyclic) bond motifs is 1. The van der Waals surface area contributed by atoms with Gasteiger partial charge in [-0.15, -0.1) is 0 Å². The number of carbonyl (C=O) groups is 1. The predicted molar refractivity (Wildman–Crippen MR) is 99.5 cm³/mol. The number of halogens is 1. The van der Waals surface area contributed by atoms with Crippen molar-refractivity contribution in [1.82, 2.24) is 20.1 Å². The number of carbonyl (C=O) groups excluding carboxylic acids is 1. The van der Waals surface area contributed by atoms with Crippen LogP contribution in [0.5, 0.6) is 0 Å². The molecule has 7 heteroatoms. The molecule has 2 heterocycles. The van der Waals surface area contributed by atoms with Gasteiger partial charge < -0.3 is 15.4 Å². The Hall–Kier alpha value is -2.67. The zero-order valence-electron chi connectivity index (χ0n) is 15.4. The minimum Gasteiger partial charge on any atom is -0.393 e. The van der Waals surface area contributed by atoms with Crippen molar-refractivity contribution in [3.05, 3.63) is 53.2 Å². The van der Waals surface area contributed by atoms with Crippen LogP contribution in [-0.4, -0.2) is 31.9 Å². The molecule has 4 rings (SSSR count). The lowest BCUT2D eigenvalue weighted by atomic mass is 9.75. The highest BCUT2D eigenvalue weighted by molar-refractivity contribution is 5.90. The number of benzene rings is 1. The molecule has 1 aromatic carbocycles. The van der Waals surface area contributed by atoms with E-state index in [2.05, 4.69) is 15.4 Å². The first kappa shape index (κ1) is 17.7. The molecule has 0 spiro atoms. The van der Waals surface area contributed by atoms with Gasteiger partial charge in [0.15, 0.2) is 0 Å². The second-order valence-electron chi connectivity index (χ2n) is 7.45. The third-order valence-electron chi connectivity index (χ3n) is 5.46. The summed E-state index contributed by atoms with van der Waals surface area (Å²) in [7, 11) is 1.84. The molecule has 0 bridgehead atoms. The van der Waals surface area contributed by atoms with E-state index in [1.54, 1.807) is 16.9 Å². The van der Waals surface area contributed by atoms with E-state index >= 15 is 0 Å². The van der Waals surface area contributed by atoms with Gasteiger partial charge in [0.25, 0.3) is 0 Å². The van der Waals surface area contributed by atoms with Crippen LogP contribution >= 0.6 is 0 Å². The van der Waals surface area contributed by atoms with Crippen LogP contribution in [0.1, 0.15) is 35.7 Å². The summed E-state index contributed by atoms with van der Waals surface area (Å²) in [5.41, 5.74) is 2.97. The number of aryl methyl sites for hydroxylation is 2. The van der Waals surface area contributed by atoms with E-state index in [0.717, 1.165) is 22.2 Å². The molecule has 1 atom stereocenters. The Morgan fingerprint density at radius 3 is 2.93 bits per heavy atom. The monoisotopic (exact) mass is 370 g/mol. The van der Waals surface area contributed by atoms with E-state index in [0.29, 0.717) is 18.4 Å². The van der Waals surface area contributed by atoms with Gasteiger partial charge in [-0.2, -0.15) is 5.10 Å². The fourth-order valence-electron chi connectivity index (χ4n) is 3.96. The van der Waals surface area contributed by atoms with Crippen LogP contribution in [0, 0.1) is 18.7 Å². The Morgan fingerprint density at radius 2 is 2.26 bits per heavy atom. The molecule has 0 saturated heterocycles. The maximum absolute atomic E-state index is 14.0. The third-order valence-corrected chi connectivity index (χ3v) is 5.46. The highest BCUT2D eigenvalue weighted by Crippen LogP contribution is 2.38. The molecule has 6 nitrogen and oxygen atoms in total. The first-order valence-electron chi connectivity index (χ1n) is 9.14. The van der Waals surface area contributed by atoms with E-state index in [4.69, 9.17) is 0 Å². The summed E-state index contributed by atoms with van der Waals surface area (Å²) in [4.78, 5) is 15.8. The number of H-pyrrole nitrogens is 1. The Bertz CT molecular complexity index is 987. The molecule has 1 unspecified atom stereocenters. The van der Waals surface area contributed by atoms with Crippen molar-refractivity contribution in [2.75, 3.05) is 0 Å². The first-order valence-corrected chi connectivity index (χ1v) is 9.14. The summed E-state index contributed by atoms with van der Waals surface area (Å²) in [5, 5.41) is 17.7. The fraction of sp³-hybridized carbons (Fsp3) is 0.400. The smallest absolute Gasteiger partial charge is 0.225 e.